The minimum absolute atomic E-state index is 0.00522. The summed E-state index contributed by atoms with van der Waals surface area (Å²) in [5.41, 5.74) is -0.573. The van der Waals surface area contributed by atoms with E-state index in [0.717, 1.165) is 12.3 Å². The second kappa shape index (κ2) is 8.11. The van der Waals surface area contributed by atoms with Crippen LogP contribution in [0.2, 0.25) is 0 Å². The van der Waals surface area contributed by atoms with Crippen molar-refractivity contribution in [2.24, 2.45) is 7.05 Å². The predicted molar refractivity (Wildman–Crippen MR) is 95.2 cm³/mol. The van der Waals surface area contributed by atoms with E-state index in [0.29, 0.717) is 5.52 Å². The normalized spacial score (nSPS) is 13.3. The lowest BCUT2D eigenvalue weighted by molar-refractivity contribution is -0.141. The lowest BCUT2D eigenvalue weighted by Gasteiger charge is -2.14. The summed E-state index contributed by atoms with van der Waals surface area (Å²) in [6, 6.07) is 2.14. The monoisotopic (exact) mass is 434 g/mol. The summed E-state index contributed by atoms with van der Waals surface area (Å²) in [7, 11) is 1.56. The smallest absolute Gasteiger partial charge is 0.433 e. The van der Waals surface area contributed by atoms with Gasteiger partial charge in [0.05, 0.1) is 23.4 Å². The Balaban J connectivity index is 2.11. The van der Waals surface area contributed by atoms with Crippen molar-refractivity contribution < 1.29 is 31.2 Å². The zero-order valence-corrected chi connectivity index (χ0v) is 16.0. The molecule has 0 aliphatic heterocycles. The molecule has 0 amide bonds. The van der Waals surface area contributed by atoms with Crippen molar-refractivity contribution in [3.63, 3.8) is 0 Å². The van der Waals surface area contributed by atoms with Crippen LogP contribution in [-0.4, -0.2) is 42.9 Å². The predicted octanol–water partition coefficient (Wildman–Crippen LogP) is 3.82. The Morgan fingerprint density at radius 1 is 1.21 bits per heavy atom. The van der Waals surface area contributed by atoms with Gasteiger partial charge in [-0.1, -0.05) is 0 Å². The Labute approximate surface area is 164 Å². The van der Waals surface area contributed by atoms with Crippen LogP contribution in [-0.2, 0) is 24.4 Å². The number of nitrogens with zero attached hydrogens (tertiary/aromatic N) is 4. The van der Waals surface area contributed by atoms with E-state index in [1.54, 1.807) is 14.0 Å². The summed E-state index contributed by atoms with van der Waals surface area (Å²) >= 11 is -1.55. The number of pyridine rings is 2. The molecule has 0 aliphatic rings. The number of hydrogen-bond acceptors (Lipinski definition) is 5. The molecule has 3 aromatic heterocycles. The zero-order chi connectivity index (χ0) is 21.3. The fourth-order valence-electron chi connectivity index (χ4n) is 2.62. The number of fused-ring (bicyclic) bond motifs is 1. The highest BCUT2D eigenvalue weighted by molar-refractivity contribution is 7.91. The Morgan fingerprint density at radius 2 is 1.93 bits per heavy atom. The second-order valence-electron chi connectivity index (χ2n) is 5.90. The summed E-state index contributed by atoms with van der Waals surface area (Å²) in [5, 5.41) is 0. The molecule has 0 aromatic carbocycles. The Bertz CT molecular complexity index is 1020. The molecule has 0 saturated carbocycles. The molecule has 1 atom stereocenters. The molecule has 0 N–H and O–H groups in total. The molecular formula is C17H15F5N4O2S. The van der Waals surface area contributed by atoms with Crippen LogP contribution < -0.4 is 4.74 Å². The first-order chi connectivity index (χ1) is 13.6. The number of aryl methyl sites for hydroxylation is 1. The Morgan fingerprint density at radius 3 is 2.55 bits per heavy atom. The highest BCUT2D eigenvalue weighted by atomic mass is 32.2. The van der Waals surface area contributed by atoms with Crippen LogP contribution in [0.3, 0.4) is 0 Å². The van der Waals surface area contributed by atoms with Crippen molar-refractivity contribution in [3.05, 3.63) is 30.2 Å². The summed E-state index contributed by atoms with van der Waals surface area (Å²) in [5.74, 6) is 0.375. The van der Waals surface area contributed by atoms with E-state index in [-0.39, 0.29) is 33.4 Å². The van der Waals surface area contributed by atoms with Crippen LogP contribution in [0.25, 0.3) is 22.6 Å². The third kappa shape index (κ3) is 4.42. The van der Waals surface area contributed by atoms with Crippen LogP contribution >= 0.6 is 0 Å². The van der Waals surface area contributed by atoms with Gasteiger partial charge in [0.25, 0.3) is 6.43 Å². The maximum Gasteiger partial charge on any atom is 0.433 e. The summed E-state index contributed by atoms with van der Waals surface area (Å²) in [6.45, 7) is 0.804. The first-order valence-electron chi connectivity index (χ1n) is 8.31. The van der Waals surface area contributed by atoms with Gasteiger partial charge in [0.1, 0.15) is 23.8 Å². The number of imidazole rings is 1. The van der Waals surface area contributed by atoms with Crippen molar-refractivity contribution in [2.45, 2.75) is 24.4 Å². The van der Waals surface area contributed by atoms with Gasteiger partial charge in [-0.25, -0.2) is 23.7 Å². The third-order valence-electron chi connectivity index (χ3n) is 3.98. The number of aromatic nitrogens is 4. The summed E-state index contributed by atoms with van der Waals surface area (Å²) in [6.07, 6.45) is -5.09. The van der Waals surface area contributed by atoms with Gasteiger partial charge < -0.3 is 13.9 Å². The van der Waals surface area contributed by atoms with Gasteiger partial charge in [0.2, 0.25) is 0 Å². The SMILES string of the molecule is CC[S+]([O-])c1cc(OCC(F)F)cnc1-c1nc2cc(C(F)(F)F)ncc2n1C. The summed E-state index contributed by atoms with van der Waals surface area (Å²) in [4.78, 5) is 11.9. The highest BCUT2D eigenvalue weighted by Gasteiger charge is 2.33. The van der Waals surface area contributed by atoms with Crippen LogP contribution in [0, 0.1) is 0 Å². The molecule has 12 heteroatoms. The summed E-state index contributed by atoms with van der Waals surface area (Å²) < 4.78 is 82.4. The van der Waals surface area contributed by atoms with Crippen molar-refractivity contribution in [1.29, 1.82) is 0 Å². The molecule has 29 heavy (non-hydrogen) atoms. The van der Waals surface area contributed by atoms with Gasteiger partial charge in [0, 0.05) is 13.1 Å². The maximum atomic E-state index is 12.9. The lowest BCUT2D eigenvalue weighted by Crippen LogP contribution is -2.11. The molecule has 0 saturated heterocycles. The molecule has 0 bridgehead atoms. The van der Waals surface area contributed by atoms with E-state index >= 15 is 0 Å². The maximum absolute atomic E-state index is 12.9. The molecule has 0 spiro atoms. The van der Waals surface area contributed by atoms with Crippen LogP contribution in [0.5, 0.6) is 5.75 Å². The largest absolute Gasteiger partial charge is 0.611 e. The van der Waals surface area contributed by atoms with Gasteiger partial charge in [-0.2, -0.15) is 13.2 Å². The van der Waals surface area contributed by atoms with Gasteiger partial charge in [-0.3, -0.25) is 0 Å². The van der Waals surface area contributed by atoms with Crippen molar-refractivity contribution in [3.8, 4) is 17.3 Å². The topological polar surface area (TPSA) is 75.9 Å². The minimum Gasteiger partial charge on any atom is -0.611 e. The molecule has 0 aliphatic carbocycles. The van der Waals surface area contributed by atoms with Crippen molar-refractivity contribution >= 4 is 22.2 Å². The van der Waals surface area contributed by atoms with E-state index < -0.39 is 36.1 Å². The molecule has 3 heterocycles. The molecule has 0 radical (unpaired) electrons. The Hall–Kier alpha value is -2.47. The number of halogens is 5. The fourth-order valence-corrected chi connectivity index (χ4v) is 3.54. The molecule has 3 aromatic rings. The van der Waals surface area contributed by atoms with Gasteiger partial charge in [-0.05, 0) is 24.2 Å². The van der Waals surface area contributed by atoms with E-state index in [4.69, 9.17) is 4.74 Å². The van der Waals surface area contributed by atoms with Crippen LogP contribution in [0.4, 0.5) is 22.0 Å². The third-order valence-corrected chi connectivity index (χ3v) is 5.31. The second-order valence-corrected chi connectivity index (χ2v) is 7.61. The molecule has 1 unspecified atom stereocenters. The van der Waals surface area contributed by atoms with Gasteiger partial charge in [-0.15, -0.1) is 0 Å². The Kier molecular flexibility index (Phi) is 5.94. The first kappa shape index (κ1) is 21.2. The van der Waals surface area contributed by atoms with E-state index in [1.807, 2.05) is 0 Å². The first-order valence-corrected chi connectivity index (χ1v) is 9.63. The van der Waals surface area contributed by atoms with Crippen LogP contribution in [0.15, 0.2) is 29.4 Å². The lowest BCUT2D eigenvalue weighted by atomic mass is 10.3. The number of rotatable bonds is 6. The standard InChI is InChI=1S/C17H15F5N4O2S/c1-3-29(27)12-4-9(28-8-14(18)19)6-24-15(12)16-25-10-5-13(17(20,21)22)23-7-11(10)26(16)2/h4-7,14H,3,8H2,1-2H3. The molecule has 3 rings (SSSR count). The minimum atomic E-state index is -4.62. The molecule has 6 nitrogen and oxygen atoms in total. The molecular weight excluding hydrogens is 419 g/mol. The average molecular weight is 434 g/mol. The zero-order valence-electron chi connectivity index (χ0n) is 15.2. The number of hydrogen-bond donors (Lipinski definition) is 0. The molecule has 156 valence electrons. The fraction of sp³-hybridized carbons (Fsp3) is 0.353. The quantitative estimate of drug-likeness (QED) is 0.436. The van der Waals surface area contributed by atoms with E-state index in [1.165, 1.54) is 16.8 Å². The van der Waals surface area contributed by atoms with Crippen molar-refractivity contribution in [1.82, 2.24) is 19.5 Å². The number of alkyl halides is 5. The van der Waals surface area contributed by atoms with Crippen LogP contribution in [0.1, 0.15) is 12.6 Å². The van der Waals surface area contributed by atoms with Gasteiger partial charge >= 0.3 is 6.18 Å². The highest BCUT2D eigenvalue weighted by Crippen LogP contribution is 2.33. The number of ether oxygens (including phenoxy) is 1. The van der Waals surface area contributed by atoms with Crippen molar-refractivity contribution in [2.75, 3.05) is 12.4 Å². The molecule has 0 fully saturated rings. The average Bonchev–Trinajstić information content (AvgIpc) is 3.00. The van der Waals surface area contributed by atoms with E-state index in [9.17, 15) is 26.5 Å². The van der Waals surface area contributed by atoms with E-state index in [2.05, 4.69) is 15.0 Å². The van der Waals surface area contributed by atoms with Gasteiger partial charge in [0.15, 0.2) is 16.4 Å².